The molecule has 28 heavy (non-hydrogen) atoms. The standard InChI is InChI=1S/C23H22FNO2S/c1-3-28-12-6-8-18(17-7-4-5-9-21(17)28)23-15(2)25(14-22(26)27)20-11-10-16(24)13-19(20)23/h3-5,7-11,13H,6,12,14H2,1-2H3,(H,26,27). The van der Waals surface area contributed by atoms with E-state index in [0.717, 1.165) is 45.5 Å². The number of carboxylic acids is 1. The van der Waals surface area contributed by atoms with Gasteiger partial charge >= 0.3 is 5.97 Å². The quantitative estimate of drug-likeness (QED) is 0.599. The molecule has 0 fully saturated rings. The highest BCUT2D eigenvalue weighted by molar-refractivity contribution is 8.15. The monoisotopic (exact) mass is 395 g/mol. The van der Waals surface area contributed by atoms with E-state index in [1.807, 2.05) is 13.0 Å². The van der Waals surface area contributed by atoms with E-state index in [-0.39, 0.29) is 22.8 Å². The van der Waals surface area contributed by atoms with Crippen molar-refractivity contribution < 1.29 is 14.3 Å². The van der Waals surface area contributed by atoms with Gasteiger partial charge in [0.25, 0.3) is 0 Å². The number of hydrogen-bond donors (Lipinski definition) is 1. The van der Waals surface area contributed by atoms with Crippen molar-refractivity contribution in [2.24, 2.45) is 0 Å². The molecule has 3 aromatic rings. The van der Waals surface area contributed by atoms with E-state index in [1.54, 1.807) is 10.6 Å². The van der Waals surface area contributed by atoms with Crippen molar-refractivity contribution in [1.29, 1.82) is 0 Å². The van der Waals surface area contributed by atoms with Gasteiger partial charge in [-0.2, -0.15) is 10.5 Å². The van der Waals surface area contributed by atoms with Gasteiger partial charge in [-0.1, -0.05) is 29.6 Å². The zero-order valence-electron chi connectivity index (χ0n) is 15.9. The normalized spacial score (nSPS) is 16.7. The van der Waals surface area contributed by atoms with Gasteiger partial charge in [-0.05, 0) is 61.4 Å². The van der Waals surface area contributed by atoms with Crippen LogP contribution in [0.1, 0.15) is 30.2 Å². The molecule has 5 heteroatoms. The predicted molar refractivity (Wildman–Crippen MR) is 115 cm³/mol. The van der Waals surface area contributed by atoms with Crippen LogP contribution in [0.2, 0.25) is 0 Å². The summed E-state index contributed by atoms with van der Waals surface area (Å²) in [7, 11) is 0.0625. The topological polar surface area (TPSA) is 42.2 Å². The first kappa shape index (κ1) is 18.7. The second-order valence-corrected chi connectivity index (χ2v) is 9.05. The molecular formula is C23H22FNO2S. The molecule has 1 N–H and O–H groups in total. The summed E-state index contributed by atoms with van der Waals surface area (Å²) in [6, 6.07) is 13.0. The molecule has 2 heterocycles. The summed E-state index contributed by atoms with van der Waals surface area (Å²) < 4.78 is 15.9. The summed E-state index contributed by atoms with van der Waals surface area (Å²) in [5, 5.41) is 12.4. The number of benzene rings is 2. The SMILES string of the molecule is C/C=S1/CCC=C(c2c(C)n(CC(=O)O)c3ccc(F)cc23)c2ccccc21. The van der Waals surface area contributed by atoms with Gasteiger partial charge in [0.2, 0.25) is 0 Å². The Morgan fingerprint density at radius 1 is 1.29 bits per heavy atom. The first-order chi connectivity index (χ1) is 13.5. The van der Waals surface area contributed by atoms with Crippen molar-refractivity contribution >= 4 is 38.3 Å². The van der Waals surface area contributed by atoms with E-state index in [0.29, 0.717) is 0 Å². The molecule has 1 atom stereocenters. The molecule has 0 bridgehead atoms. The number of aliphatic carboxylic acids is 1. The van der Waals surface area contributed by atoms with Crippen LogP contribution < -0.4 is 0 Å². The van der Waals surface area contributed by atoms with Crippen LogP contribution in [0.4, 0.5) is 4.39 Å². The molecule has 0 spiro atoms. The Balaban J connectivity index is 2.04. The largest absolute Gasteiger partial charge is 0.480 e. The summed E-state index contributed by atoms with van der Waals surface area (Å²) in [6.07, 6.45) is 3.16. The Morgan fingerprint density at radius 3 is 2.82 bits per heavy atom. The van der Waals surface area contributed by atoms with Crippen LogP contribution in [0.15, 0.2) is 53.4 Å². The highest BCUT2D eigenvalue weighted by Gasteiger charge is 2.23. The maximum absolute atomic E-state index is 14.1. The van der Waals surface area contributed by atoms with Crippen LogP contribution in [0, 0.1) is 12.7 Å². The molecular weight excluding hydrogens is 373 g/mol. The Hall–Kier alpha value is -2.66. The van der Waals surface area contributed by atoms with E-state index >= 15 is 0 Å². The number of rotatable bonds is 3. The average Bonchev–Trinajstić information content (AvgIpc) is 2.83. The molecule has 1 aliphatic rings. The maximum atomic E-state index is 14.1. The minimum atomic E-state index is -0.909. The Bertz CT molecular complexity index is 1160. The summed E-state index contributed by atoms with van der Waals surface area (Å²) >= 11 is 0. The van der Waals surface area contributed by atoms with Crippen LogP contribution in [0.25, 0.3) is 16.5 Å². The Labute approximate surface area is 166 Å². The molecule has 4 rings (SSSR count). The predicted octanol–water partition coefficient (Wildman–Crippen LogP) is 5.46. The van der Waals surface area contributed by atoms with E-state index in [4.69, 9.17) is 0 Å². The molecule has 1 unspecified atom stereocenters. The smallest absolute Gasteiger partial charge is 0.323 e. The average molecular weight is 395 g/mol. The molecule has 1 aliphatic heterocycles. The van der Waals surface area contributed by atoms with E-state index in [9.17, 15) is 14.3 Å². The highest BCUT2D eigenvalue weighted by Crippen LogP contribution is 2.43. The third kappa shape index (κ3) is 3.10. The van der Waals surface area contributed by atoms with Gasteiger partial charge in [0.05, 0.1) is 0 Å². The van der Waals surface area contributed by atoms with Crippen molar-refractivity contribution in [3.05, 3.63) is 71.2 Å². The van der Waals surface area contributed by atoms with E-state index < -0.39 is 5.97 Å². The zero-order chi connectivity index (χ0) is 19.8. The number of carboxylic acid groups (broad SMARTS) is 1. The fourth-order valence-corrected chi connectivity index (χ4v) is 5.88. The van der Waals surface area contributed by atoms with Crippen LogP contribution in [0.5, 0.6) is 0 Å². The number of hydrogen-bond acceptors (Lipinski definition) is 1. The van der Waals surface area contributed by atoms with E-state index in [2.05, 4.69) is 36.6 Å². The van der Waals surface area contributed by atoms with E-state index in [1.165, 1.54) is 17.0 Å². The molecule has 1 aromatic heterocycles. The lowest BCUT2D eigenvalue weighted by Gasteiger charge is -2.14. The number of fused-ring (bicyclic) bond motifs is 2. The summed E-state index contributed by atoms with van der Waals surface area (Å²) in [4.78, 5) is 12.7. The van der Waals surface area contributed by atoms with Crippen LogP contribution in [-0.2, 0) is 11.3 Å². The van der Waals surface area contributed by atoms with Crippen molar-refractivity contribution in [2.75, 3.05) is 5.75 Å². The molecule has 0 saturated heterocycles. The van der Waals surface area contributed by atoms with Crippen molar-refractivity contribution in [3.8, 4) is 0 Å². The number of nitrogens with zero attached hydrogens (tertiary/aromatic N) is 1. The fraction of sp³-hybridized carbons (Fsp3) is 0.217. The molecule has 0 amide bonds. The Morgan fingerprint density at radius 2 is 2.07 bits per heavy atom. The molecule has 0 aliphatic carbocycles. The zero-order valence-corrected chi connectivity index (χ0v) is 16.7. The number of allylic oxidation sites excluding steroid dienone is 1. The number of carbonyl (C=O) groups is 1. The fourth-order valence-electron chi connectivity index (χ4n) is 4.08. The van der Waals surface area contributed by atoms with Gasteiger partial charge in [-0.15, -0.1) is 0 Å². The highest BCUT2D eigenvalue weighted by atomic mass is 32.2. The molecule has 144 valence electrons. The summed E-state index contributed by atoms with van der Waals surface area (Å²) in [6.45, 7) is 3.89. The number of halogens is 1. The van der Waals surface area contributed by atoms with Crippen LogP contribution in [-0.4, -0.2) is 26.8 Å². The molecule has 0 radical (unpaired) electrons. The second kappa shape index (κ2) is 7.40. The molecule has 3 nitrogen and oxygen atoms in total. The van der Waals surface area contributed by atoms with Crippen molar-refractivity contribution in [2.45, 2.75) is 31.7 Å². The third-order valence-corrected chi connectivity index (χ3v) is 7.44. The lowest BCUT2D eigenvalue weighted by molar-refractivity contribution is -0.137. The van der Waals surface area contributed by atoms with Crippen LogP contribution in [0.3, 0.4) is 0 Å². The minimum absolute atomic E-state index is 0.0625. The lowest BCUT2D eigenvalue weighted by Crippen LogP contribution is -2.10. The van der Waals surface area contributed by atoms with Gasteiger partial charge in [0.15, 0.2) is 0 Å². The van der Waals surface area contributed by atoms with Gasteiger partial charge in [0.1, 0.15) is 12.4 Å². The minimum Gasteiger partial charge on any atom is -0.480 e. The second-order valence-electron chi connectivity index (χ2n) is 6.87. The van der Waals surface area contributed by atoms with Crippen molar-refractivity contribution in [1.82, 2.24) is 4.57 Å². The first-order valence-corrected chi connectivity index (χ1v) is 10.8. The lowest BCUT2D eigenvalue weighted by atomic mass is 9.94. The first-order valence-electron chi connectivity index (χ1n) is 9.30. The third-order valence-electron chi connectivity index (χ3n) is 5.28. The molecule has 2 aromatic carbocycles. The Kier molecular flexibility index (Phi) is 4.94. The van der Waals surface area contributed by atoms with Gasteiger partial charge < -0.3 is 9.67 Å². The summed E-state index contributed by atoms with van der Waals surface area (Å²) in [5.74, 6) is -0.170. The van der Waals surface area contributed by atoms with Crippen molar-refractivity contribution in [3.63, 3.8) is 0 Å². The number of aromatic nitrogens is 1. The van der Waals surface area contributed by atoms with Gasteiger partial charge in [-0.3, -0.25) is 4.79 Å². The van der Waals surface area contributed by atoms with Gasteiger partial charge in [0, 0.05) is 27.1 Å². The molecule has 0 saturated carbocycles. The van der Waals surface area contributed by atoms with Gasteiger partial charge in [-0.25, -0.2) is 4.39 Å². The maximum Gasteiger partial charge on any atom is 0.323 e. The summed E-state index contributed by atoms with van der Waals surface area (Å²) in [5.41, 5.74) is 4.77. The van der Waals surface area contributed by atoms with Crippen LogP contribution >= 0.6 is 10.5 Å².